The van der Waals surface area contributed by atoms with E-state index in [1.807, 2.05) is 42.5 Å². The summed E-state index contributed by atoms with van der Waals surface area (Å²) in [6.07, 6.45) is 2.57. The molecule has 0 N–H and O–H groups in total. The third-order valence-corrected chi connectivity index (χ3v) is 6.66. The molecule has 5 rings (SSSR count). The largest absolute Gasteiger partial charge is 0.462 e. The van der Waals surface area contributed by atoms with Crippen molar-refractivity contribution in [3.05, 3.63) is 83.2 Å². The number of carbonyl (C=O) groups is 2. The van der Waals surface area contributed by atoms with Crippen molar-refractivity contribution in [2.45, 2.75) is 25.2 Å². The van der Waals surface area contributed by atoms with Crippen molar-refractivity contribution in [1.29, 1.82) is 5.26 Å². The van der Waals surface area contributed by atoms with Gasteiger partial charge in [-0.15, -0.1) is 0 Å². The molecule has 2 aliphatic rings. The average Bonchev–Trinajstić information content (AvgIpc) is 2.92. The van der Waals surface area contributed by atoms with Gasteiger partial charge in [-0.1, -0.05) is 18.2 Å². The van der Waals surface area contributed by atoms with Crippen LogP contribution in [-0.2, 0) is 11.3 Å². The number of rotatable bonds is 3. The zero-order valence-corrected chi connectivity index (χ0v) is 20.2. The first kappa shape index (κ1) is 23.5. The number of carbonyl (C=O) groups excluding carboxylic acids is 2. The molecule has 0 radical (unpaired) electrons. The van der Waals surface area contributed by atoms with Crippen LogP contribution in [0, 0.1) is 11.3 Å². The molecule has 1 spiro atoms. The van der Waals surface area contributed by atoms with E-state index in [0.29, 0.717) is 43.7 Å². The highest BCUT2D eigenvalue weighted by atomic mass is 16.7. The second-order valence-electron chi connectivity index (χ2n) is 9.24. The fourth-order valence-corrected chi connectivity index (χ4v) is 4.54. The molecule has 1 saturated heterocycles. The molecule has 36 heavy (non-hydrogen) atoms. The van der Waals surface area contributed by atoms with Gasteiger partial charge in [-0.25, -0.2) is 4.98 Å². The van der Waals surface area contributed by atoms with E-state index in [1.165, 1.54) is 6.20 Å². The van der Waals surface area contributed by atoms with Crippen LogP contribution in [0.2, 0.25) is 0 Å². The van der Waals surface area contributed by atoms with Crippen molar-refractivity contribution in [2.24, 2.45) is 0 Å². The van der Waals surface area contributed by atoms with Gasteiger partial charge >= 0.3 is 0 Å². The van der Waals surface area contributed by atoms with Crippen LogP contribution in [0.5, 0.6) is 5.75 Å². The summed E-state index contributed by atoms with van der Waals surface area (Å²) in [4.78, 5) is 32.3. The Labute approximate surface area is 209 Å². The van der Waals surface area contributed by atoms with Crippen molar-refractivity contribution < 1.29 is 19.1 Å². The van der Waals surface area contributed by atoms with E-state index >= 15 is 0 Å². The van der Waals surface area contributed by atoms with Crippen LogP contribution < -0.4 is 4.74 Å². The number of piperidine rings is 1. The second kappa shape index (κ2) is 9.44. The SMILES string of the molecule is CN(C)C(=O)c1ccc(-c2ccc3c(c2)COC2(CCN(C(=O)c4ccc(C#N)nc4)CC2)O3)cc1. The van der Waals surface area contributed by atoms with E-state index in [2.05, 4.69) is 11.1 Å². The number of pyridine rings is 1. The molecule has 0 bridgehead atoms. The Hall–Kier alpha value is -4.22. The number of amides is 2. The average molecular weight is 483 g/mol. The van der Waals surface area contributed by atoms with Crippen LogP contribution >= 0.6 is 0 Å². The quantitative estimate of drug-likeness (QED) is 0.563. The molecule has 2 aromatic carbocycles. The number of nitriles is 1. The summed E-state index contributed by atoms with van der Waals surface area (Å²) >= 11 is 0. The summed E-state index contributed by atoms with van der Waals surface area (Å²) in [5.74, 6) is -0.0931. The van der Waals surface area contributed by atoms with Crippen LogP contribution in [0.4, 0.5) is 0 Å². The van der Waals surface area contributed by atoms with Crippen LogP contribution in [0.15, 0.2) is 60.8 Å². The molecule has 0 saturated carbocycles. The summed E-state index contributed by atoms with van der Waals surface area (Å²) in [6.45, 7) is 1.43. The van der Waals surface area contributed by atoms with Gasteiger partial charge in [0.1, 0.15) is 17.5 Å². The van der Waals surface area contributed by atoms with Crippen molar-refractivity contribution in [3.8, 4) is 22.9 Å². The van der Waals surface area contributed by atoms with Crippen molar-refractivity contribution in [3.63, 3.8) is 0 Å². The molecule has 0 unspecified atom stereocenters. The lowest BCUT2D eigenvalue weighted by Crippen LogP contribution is -2.52. The zero-order chi connectivity index (χ0) is 25.3. The van der Waals surface area contributed by atoms with Gasteiger partial charge in [0.05, 0.1) is 12.2 Å². The molecular formula is C28H26N4O4. The lowest BCUT2D eigenvalue weighted by Gasteiger charge is -2.44. The highest BCUT2D eigenvalue weighted by Crippen LogP contribution is 2.39. The van der Waals surface area contributed by atoms with E-state index in [1.54, 1.807) is 36.0 Å². The second-order valence-corrected chi connectivity index (χ2v) is 9.24. The molecule has 2 aliphatic heterocycles. The van der Waals surface area contributed by atoms with E-state index in [0.717, 1.165) is 22.4 Å². The lowest BCUT2D eigenvalue weighted by molar-refractivity contribution is -0.225. The van der Waals surface area contributed by atoms with Gasteiger partial charge in [-0.3, -0.25) is 9.59 Å². The molecule has 3 heterocycles. The van der Waals surface area contributed by atoms with E-state index in [9.17, 15) is 9.59 Å². The van der Waals surface area contributed by atoms with E-state index < -0.39 is 5.79 Å². The molecule has 8 nitrogen and oxygen atoms in total. The van der Waals surface area contributed by atoms with Crippen molar-refractivity contribution >= 4 is 11.8 Å². The minimum atomic E-state index is -0.748. The van der Waals surface area contributed by atoms with Gasteiger partial charge < -0.3 is 19.3 Å². The number of hydrogen-bond acceptors (Lipinski definition) is 6. The van der Waals surface area contributed by atoms with Crippen molar-refractivity contribution in [2.75, 3.05) is 27.2 Å². The molecule has 8 heteroatoms. The summed E-state index contributed by atoms with van der Waals surface area (Å²) in [7, 11) is 3.47. The fraction of sp³-hybridized carbons (Fsp3) is 0.286. The number of likely N-dealkylation sites (tertiary alicyclic amines) is 1. The van der Waals surface area contributed by atoms with Crippen LogP contribution in [0.25, 0.3) is 11.1 Å². The number of benzene rings is 2. The molecule has 1 fully saturated rings. The van der Waals surface area contributed by atoms with Crippen LogP contribution in [0.3, 0.4) is 0 Å². The van der Waals surface area contributed by atoms with Crippen molar-refractivity contribution in [1.82, 2.24) is 14.8 Å². The Kier molecular flexibility index (Phi) is 6.17. The van der Waals surface area contributed by atoms with Gasteiger partial charge in [-0.05, 0) is 47.5 Å². The first-order valence-electron chi connectivity index (χ1n) is 11.8. The van der Waals surface area contributed by atoms with Crippen LogP contribution in [0.1, 0.15) is 44.8 Å². The fourth-order valence-electron chi connectivity index (χ4n) is 4.54. The monoisotopic (exact) mass is 482 g/mol. The lowest BCUT2D eigenvalue weighted by atomic mass is 9.98. The summed E-state index contributed by atoms with van der Waals surface area (Å²) < 4.78 is 12.5. The minimum Gasteiger partial charge on any atom is -0.462 e. The Morgan fingerprint density at radius 2 is 1.69 bits per heavy atom. The van der Waals surface area contributed by atoms with E-state index in [4.69, 9.17) is 14.7 Å². The Bertz CT molecular complexity index is 1340. The highest BCUT2D eigenvalue weighted by Gasteiger charge is 2.42. The first-order chi connectivity index (χ1) is 17.4. The Balaban J connectivity index is 1.24. The predicted molar refractivity (Wildman–Crippen MR) is 132 cm³/mol. The third kappa shape index (κ3) is 4.53. The summed E-state index contributed by atoms with van der Waals surface area (Å²) in [6, 6.07) is 18.7. The minimum absolute atomic E-state index is 0.0274. The third-order valence-electron chi connectivity index (χ3n) is 6.66. The number of aromatic nitrogens is 1. The van der Waals surface area contributed by atoms with Gasteiger partial charge in [-0.2, -0.15) is 5.26 Å². The standard InChI is InChI=1S/C28H26N4O4/c1-31(2)26(33)20-5-3-19(4-6-20)21-8-10-25-23(15-21)18-35-28(36-25)11-13-32(14-12-28)27(34)22-7-9-24(16-29)30-17-22/h3-10,15,17H,11-14,18H2,1-2H3. The first-order valence-corrected chi connectivity index (χ1v) is 11.8. The topological polar surface area (TPSA) is 95.8 Å². The maximum Gasteiger partial charge on any atom is 0.255 e. The summed E-state index contributed by atoms with van der Waals surface area (Å²) in [5, 5.41) is 8.90. The number of nitrogens with zero attached hydrogens (tertiary/aromatic N) is 4. The molecular weight excluding hydrogens is 456 g/mol. The van der Waals surface area contributed by atoms with E-state index in [-0.39, 0.29) is 17.5 Å². The molecule has 0 atom stereocenters. The highest BCUT2D eigenvalue weighted by molar-refractivity contribution is 5.94. The number of ether oxygens (including phenoxy) is 2. The van der Waals surface area contributed by atoms with Gasteiger partial charge in [0.2, 0.25) is 5.79 Å². The predicted octanol–water partition coefficient (Wildman–Crippen LogP) is 3.86. The molecule has 182 valence electrons. The Morgan fingerprint density at radius 3 is 2.33 bits per heavy atom. The summed E-state index contributed by atoms with van der Waals surface area (Å²) in [5.41, 5.74) is 4.40. The van der Waals surface area contributed by atoms with Crippen LogP contribution in [-0.4, -0.2) is 59.6 Å². The number of fused-ring (bicyclic) bond motifs is 1. The molecule has 3 aromatic rings. The smallest absolute Gasteiger partial charge is 0.255 e. The molecule has 2 amide bonds. The molecule has 1 aromatic heterocycles. The maximum absolute atomic E-state index is 12.8. The van der Waals surface area contributed by atoms with Gasteiger partial charge in [0.25, 0.3) is 11.8 Å². The normalized spacial score (nSPS) is 16.0. The van der Waals surface area contributed by atoms with Gasteiger partial charge in [0, 0.05) is 57.4 Å². The zero-order valence-electron chi connectivity index (χ0n) is 20.2. The molecule has 0 aliphatic carbocycles. The van der Waals surface area contributed by atoms with Gasteiger partial charge in [0.15, 0.2) is 0 Å². The maximum atomic E-state index is 12.8. The Morgan fingerprint density at radius 1 is 1.00 bits per heavy atom. The number of hydrogen-bond donors (Lipinski definition) is 0.